The minimum atomic E-state index is -0.328. The predicted octanol–water partition coefficient (Wildman–Crippen LogP) is 6.73. The van der Waals surface area contributed by atoms with Crippen molar-refractivity contribution in [3.8, 4) is 11.5 Å². The third kappa shape index (κ3) is 4.68. The number of hydrogen-bond donors (Lipinski definition) is 2. The van der Waals surface area contributed by atoms with E-state index < -0.39 is 0 Å². The highest BCUT2D eigenvalue weighted by Gasteiger charge is 2.28. The molecule has 3 aromatic rings. The van der Waals surface area contributed by atoms with E-state index in [4.69, 9.17) is 21.1 Å². The molecular formula is C23H22BrClN2O3S. The first-order valence-electron chi connectivity index (χ1n) is 9.81. The molecule has 0 unspecified atom stereocenters. The van der Waals surface area contributed by atoms with Gasteiger partial charge in [0, 0.05) is 15.5 Å². The van der Waals surface area contributed by atoms with Crippen molar-refractivity contribution in [2.45, 2.75) is 32.5 Å². The van der Waals surface area contributed by atoms with Gasteiger partial charge in [-0.05, 0) is 63.8 Å². The van der Waals surface area contributed by atoms with Crippen molar-refractivity contribution in [3.05, 3.63) is 73.5 Å². The lowest BCUT2D eigenvalue weighted by Gasteiger charge is -2.26. The molecule has 162 valence electrons. The Balaban J connectivity index is 1.57. The lowest BCUT2D eigenvalue weighted by atomic mass is 10.1. The SMILES string of the molecule is COc1ccc([C@H]2NC(=O)c3cc(C(C)C)sc3N2)cc1COc1ccc(Cl)cc1Br. The van der Waals surface area contributed by atoms with Gasteiger partial charge in [0.1, 0.15) is 29.3 Å². The summed E-state index contributed by atoms with van der Waals surface area (Å²) in [6, 6.07) is 13.2. The summed E-state index contributed by atoms with van der Waals surface area (Å²) in [5, 5.41) is 8.03. The number of amides is 1. The van der Waals surface area contributed by atoms with E-state index in [-0.39, 0.29) is 12.1 Å². The molecule has 1 aliphatic heterocycles. The number of methoxy groups -OCH3 is 1. The number of fused-ring (bicyclic) bond motifs is 1. The van der Waals surface area contributed by atoms with Crippen molar-refractivity contribution in [3.63, 3.8) is 0 Å². The van der Waals surface area contributed by atoms with Crippen LogP contribution in [0.4, 0.5) is 5.00 Å². The minimum Gasteiger partial charge on any atom is -0.496 e. The number of halogens is 2. The Hall–Kier alpha value is -2.22. The van der Waals surface area contributed by atoms with Crippen molar-refractivity contribution < 1.29 is 14.3 Å². The van der Waals surface area contributed by atoms with Crippen LogP contribution in [-0.2, 0) is 6.61 Å². The maximum Gasteiger partial charge on any atom is 0.256 e. The molecule has 2 heterocycles. The lowest BCUT2D eigenvalue weighted by molar-refractivity contribution is 0.0936. The van der Waals surface area contributed by atoms with Crippen molar-refractivity contribution in [2.24, 2.45) is 0 Å². The molecule has 2 aromatic carbocycles. The average Bonchev–Trinajstić information content (AvgIpc) is 3.18. The zero-order chi connectivity index (χ0) is 22.1. The van der Waals surface area contributed by atoms with E-state index in [1.807, 2.05) is 30.3 Å². The number of thiophene rings is 1. The highest BCUT2D eigenvalue weighted by Crippen LogP contribution is 2.38. The van der Waals surface area contributed by atoms with Crippen LogP contribution in [0, 0.1) is 0 Å². The molecule has 0 radical (unpaired) electrons. The molecule has 0 spiro atoms. The molecule has 31 heavy (non-hydrogen) atoms. The number of anilines is 1. The quantitative estimate of drug-likeness (QED) is 0.378. The highest BCUT2D eigenvalue weighted by atomic mass is 79.9. The molecule has 8 heteroatoms. The molecule has 0 bridgehead atoms. The molecule has 2 N–H and O–H groups in total. The first-order chi connectivity index (χ1) is 14.9. The Morgan fingerprint density at radius 1 is 1.13 bits per heavy atom. The molecule has 1 atom stereocenters. The fraction of sp³-hybridized carbons (Fsp3) is 0.261. The van der Waals surface area contributed by atoms with Gasteiger partial charge in [-0.15, -0.1) is 11.3 Å². The summed E-state index contributed by atoms with van der Waals surface area (Å²) in [6.45, 7) is 4.56. The standard InChI is InChI=1S/C23H22BrClN2O3S/c1-12(2)20-10-16-22(28)26-21(27-23(16)31-20)13-4-6-18(29-3)14(8-13)11-30-19-7-5-15(25)9-17(19)24/h4-10,12,21,27H,11H2,1-3H3,(H,26,28)/t21-/m0/s1. The summed E-state index contributed by atoms with van der Waals surface area (Å²) in [5.41, 5.74) is 2.50. The van der Waals surface area contributed by atoms with E-state index in [1.165, 1.54) is 4.88 Å². The number of carbonyl (C=O) groups excluding carboxylic acids is 1. The van der Waals surface area contributed by atoms with Crippen molar-refractivity contribution in [1.82, 2.24) is 5.32 Å². The smallest absolute Gasteiger partial charge is 0.256 e. The summed E-state index contributed by atoms with van der Waals surface area (Å²) in [5.74, 6) is 1.71. The fourth-order valence-electron chi connectivity index (χ4n) is 3.35. The van der Waals surface area contributed by atoms with Crippen LogP contribution in [0.5, 0.6) is 11.5 Å². The Morgan fingerprint density at radius 2 is 1.90 bits per heavy atom. The number of ether oxygens (including phenoxy) is 2. The highest BCUT2D eigenvalue weighted by molar-refractivity contribution is 9.10. The van der Waals surface area contributed by atoms with Crippen LogP contribution >= 0.6 is 38.9 Å². The second kappa shape index (κ2) is 9.10. The van der Waals surface area contributed by atoms with Gasteiger partial charge in [0.05, 0.1) is 17.1 Å². The van der Waals surface area contributed by atoms with Crippen LogP contribution < -0.4 is 20.1 Å². The zero-order valence-corrected chi connectivity index (χ0v) is 20.5. The number of benzene rings is 2. The van der Waals surface area contributed by atoms with Crippen molar-refractivity contribution in [1.29, 1.82) is 0 Å². The van der Waals surface area contributed by atoms with E-state index in [2.05, 4.69) is 40.4 Å². The maximum atomic E-state index is 12.7. The molecule has 0 saturated heterocycles. The third-order valence-electron chi connectivity index (χ3n) is 5.03. The molecule has 4 rings (SSSR count). The van der Waals surface area contributed by atoms with Crippen LogP contribution in [-0.4, -0.2) is 13.0 Å². The Kier molecular flexibility index (Phi) is 6.46. The third-order valence-corrected chi connectivity index (χ3v) is 7.25. The van der Waals surface area contributed by atoms with Crippen LogP contribution in [0.15, 0.2) is 46.9 Å². The summed E-state index contributed by atoms with van der Waals surface area (Å²) in [4.78, 5) is 13.9. The predicted molar refractivity (Wildman–Crippen MR) is 129 cm³/mol. The first-order valence-corrected chi connectivity index (χ1v) is 11.8. The second-order valence-corrected chi connectivity index (χ2v) is 9.91. The van der Waals surface area contributed by atoms with E-state index in [0.29, 0.717) is 28.9 Å². The van der Waals surface area contributed by atoms with E-state index >= 15 is 0 Å². The first kappa shape index (κ1) is 22.0. The van der Waals surface area contributed by atoms with Gasteiger partial charge in [-0.25, -0.2) is 0 Å². The molecular weight excluding hydrogens is 500 g/mol. The van der Waals surface area contributed by atoms with Crippen LogP contribution in [0.3, 0.4) is 0 Å². The Labute approximate surface area is 198 Å². The van der Waals surface area contributed by atoms with Gasteiger partial charge in [0.15, 0.2) is 0 Å². The number of rotatable bonds is 6. The molecule has 0 fully saturated rings. The van der Waals surface area contributed by atoms with Gasteiger partial charge in [-0.2, -0.15) is 0 Å². The molecule has 0 aliphatic carbocycles. The molecule has 1 aromatic heterocycles. The lowest BCUT2D eigenvalue weighted by Crippen LogP contribution is -2.37. The van der Waals surface area contributed by atoms with Gasteiger partial charge in [0.25, 0.3) is 5.91 Å². The topological polar surface area (TPSA) is 59.6 Å². The van der Waals surface area contributed by atoms with Crippen LogP contribution in [0.2, 0.25) is 5.02 Å². The van der Waals surface area contributed by atoms with Gasteiger partial charge < -0.3 is 20.1 Å². The fourth-order valence-corrected chi connectivity index (χ4v) is 5.24. The monoisotopic (exact) mass is 520 g/mol. The van der Waals surface area contributed by atoms with Gasteiger partial charge in [0.2, 0.25) is 0 Å². The van der Waals surface area contributed by atoms with Crippen LogP contribution in [0.1, 0.15) is 52.3 Å². The van der Waals surface area contributed by atoms with Crippen molar-refractivity contribution in [2.75, 3.05) is 12.4 Å². The van der Waals surface area contributed by atoms with Gasteiger partial charge in [-0.1, -0.05) is 31.5 Å². The van der Waals surface area contributed by atoms with E-state index in [9.17, 15) is 4.79 Å². The van der Waals surface area contributed by atoms with Crippen molar-refractivity contribution >= 4 is 49.8 Å². The van der Waals surface area contributed by atoms with E-state index in [0.717, 1.165) is 26.4 Å². The van der Waals surface area contributed by atoms with Crippen LogP contribution in [0.25, 0.3) is 0 Å². The molecule has 0 saturated carbocycles. The number of carbonyl (C=O) groups is 1. The largest absolute Gasteiger partial charge is 0.496 e. The average molecular weight is 522 g/mol. The molecule has 5 nitrogen and oxygen atoms in total. The summed E-state index contributed by atoms with van der Waals surface area (Å²) < 4.78 is 12.3. The number of nitrogens with one attached hydrogen (secondary N) is 2. The summed E-state index contributed by atoms with van der Waals surface area (Å²) in [7, 11) is 1.63. The number of hydrogen-bond acceptors (Lipinski definition) is 5. The van der Waals surface area contributed by atoms with E-state index in [1.54, 1.807) is 30.6 Å². The normalized spacial score (nSPS) is 15.3. The van der Waals surface area contributed by atoms with Gasteiger partial charge >= 0.3 is 0 Å². The summed E-state index contributed by atoms with van der Waals surface area (Å²) in [6.07, 6.45) is -0.328. The zero-order valence-electron chi connectivity index (χ0n) is 17.3. The molecule has 1 aliphatic rings. The second-order valence-electron chi connectivity index (χ2n) is 7.53. The molecule has 1 amide bonds. The maximum absolute atomic E-state index is 12.7. The summed E-state index contributed by atoms with van der Waals surface area (Å²) >= 11 is 11.1. The minimum absolute atomic E-state index is 0.0689. The Bertz CT molecular complexity index is 1130. The van der Waals surface area contributed by atoms with Gasteiger partial charge in [-0.3, -0.25) is 4.79 Å². The Morgan fingerprint density at radius 3 is 2.61 bits per heavy atom.